The summed E-state index contributed by atoms with van der Waals surface area (Å²) in [6, 6.07) is 10.9. The molecular weight excluding hydrogens is 230 g/mol. The van der Waals surface area contributed by atoms with E-state index >= 15 is 0 Å². The maximum absolute atomic E-state index is 10.9. The number of hydrogen-bond donors (Lipinski definition) is 1. The molecule has 0 amide bonds. The number of carbonyl (C=O) groups is 1. The third kappa shape index (κ3) is 1.71. The van der Waals surface area contributed by atoms with Crippen molar-refractivity contribution in [2.45, 2.75) is 0 Å². The van der Waals surface area contributed by atoms with E-state index in [1.807, 2.05) is 30.5 Å². The Kier molecular flexibility index (Phi) is 2.30. The number of hydrogen-bond acceptors (Lipinski definition) is 3. The zero-order valence-electron chi connectivity index (χ0n) is 9.32. The van der Waals surface area contributed by atoms with E-state index < -0.39 is 5.97 Å². The Bertz CT molecular complexity index is 701. The van der Waals surface area contributed by atoms with E-state index in [2.05, 4.69) is 10.1 Å². The monoisotopic (exact) mass is 239 g/mol. The average Bonchev–Trinajstić information content (AvgIpc) is 2.82. The summed E-state index contributed by atoms with van der Waals surface area (Å²) < 4.78 is 1.65. The van der Waals surface area contributed by atoms with Crippen LogP contribution in [0, 0.1) is 0 Å². The highest BCUT2D eigenvalue weighted by Crippen LogP contribution is 2.15. The molecule has 2 heterocycles. The van der Waals surface area contributed by atoms with Gasteiger partial charge in [0.1, 0.15) is 5.69 Å². The first-order chi connectivity index (χ1) is 8.74. The zero-order chi connectivity index (χ0) is 12.5. The second kappa shape index (κ2) is 3.96. The number of aromatic carboxylic acids is 1. The summed E-state index contributed by atoms with van der Waals surface area (Å²) in [4.78, 5) is 14.6. The van der Waals surface area contributed by atoms with Gasteiger partial charge in [0.2, 0.25) is 0 Å². The van der Waals surface area contributed by atoms with Gasteiger partial charge in [-0.1, -0.05) is 18.2 Å². The van der Waals surface area contributed by atoms with E-state index in [0.29, 0.717) is 5.69 Å². The molecule has 0 aliphatic rings. The van der Waals surface area contributed by atoms with Crippen LogP contribution in [0.4, 0.5) is 0 Å². The lowest BCUT2D eigenvalue weighted by Gasteiger charge is -2.01. The van der Waals surface area contributed by atoms with Crippen LogP contribution in [-0.2, 0) is 0 Å². The quantitative estimate of drug-likeness (QED) is 0.743. The van der Waals surface area contributed by atoms with Gasteiger partial charge in [-0.2, -0.15) is 5.10 Å². The molecule has 3 aromatic rings. The number of rotatable bonds is 2. The second-order valence-electron chi connectivity index (χ2n) is 3.84. The molecule has 0 saturated carbocycles. The highest BCUT2D eigenvalue weighted by atomic mass is 16.4. The summed E-state index contributed by atoms with van der Waals surface area (Å²) in [5.74, 6) is -1.05. The van der Waals surface area contributed by atoms with Crippen LogP contribution >= 0.6 is 0 Å². The first-order valence-electron chi connectivity index (χ1n) is 5.38. The summed E-state index contributed by atoms with van der Waals surface area (Å²) >= 11 is 0. The summed E-state index contributed by atoms with van der Waals surface area (Å²) in [7, 11) is 0. The van der Waals surface area contributed by atoms with Crippen LogP contribution in [0.15, 0.2) is 48.8 Å². The summed E-state index contributed by atoms with van der Waals surface area (Å²) in [6.45, 7) is 0. The molecule has 0 aliphatic heterocycles. The lowest BCUT2D eigenvalue weighted by molar-refractivity contribution is 0.0690. The van der Waals surface area contributed by atoms with Crippen molar-refractivity contribution < 1.29 is 9.90 Å². The van der Waals surface area contributed by atoms with Crippen molar-refractivity contribution in [1.29, 1.82) is 0 Å². The Hall–Kier alpha value is -2.69. The zero-order valence-corrected chi connectivity index (χ0v) is 9.32. The maximum atomic E-state index is 10.9. The van der Waals surface area contributed by atoms with Gasteiger partial charge in [-0.25, -0.2) is 14.5 Å². The SMILES string of the molecule is O=C(O)c1cc(-n2cc3ccccc3n2)ccn1. The molecule has 0 bridgehead atoms. The molecule has 1 aromatic carbocycles. The van der Waals surface area contributed by atoms with Crippen molar-refractivity contribution in [2.75, 3.05) is 0 Å². The molecule has 18 heavy (non-hydrogen) atoms. The third-order valence-corrected chi connectivity index (χ3v) is 2.64. The fraction of sp³-hybridized carbons (Fsp3) is 0. The van der Waals surface area contributed by atoms with Gasteiger partial charge in [-0.05, 0) is 18.2 Å². The largest absolute Gasteiger partial charge is 0.477 e. The Labute approximate surface area is 102 Å². The van der Waals surface area contributed by atoms with Crippen LogP contribution in [-0.4, -0.2) is 25.8 Å². The first kappa shape index (κ1) is 10.5. The van der Waals surface area contributed by atoms with Gasteiger partial charge in [-0.15, -0.1) is 0 Å². The second-order valence-corrected chi connectivity index (χ2v) is 3.84. The molecule has 0 unspecified atom stereocenters. The summed E-state index contributed by atoms with van der Waals surface area (Å²) in [6.07, 6.45) is 3.32. The molecule has 2 aromatic heterocycles. The predicted molar refractivity (Wildman–Crippen MR) is 65.8 cm³/mol. The van der Waals surface area contributed by atoms with Crippen LogP contribution in [0.2, 0.25) is 0 Å². The minimum atomic E-state index is -1.05. The molecule has 0 atom stereocenters. The molecule has 3 rings (SSSR count). The molecule has 1 N–H and O–H groups in total. The molecule has 5 heteroatoms. The smallest absolute Gasteiger partial charge is 0.354 e. The number of nitrogens with zero attached hydrogens (tertiary/aromatic N) is 3. The van der Waals surface area contributed by atoms with Gasteiger partial charge in [0, 0.05) is 17.8 Å². The number of aromatic nitrogens is 3. The van der Waals surface area contributed by atoms with E-state index in [-0.39, 0.29) is 5.69 Å². The van der Waals surface area contributed by atoms with Gasteiger partial charge in [0.25, 0.3) is 0 Å². The Morgan fingerprint density at radius 2 is 2.06 bits per heavy atom. The fourth-order valence-corrected chi connectivity index (χ4v) is 1.78. The van der Waals surface area contributed by atoms with Crippen LogP contribution in [0.3, 0.4) is 0 Å². The standard InChI is InChI=1S/C13H9N3O2/c17-13(18)12-7-10(5-6-14-12)16-8-9-3-1-2-4-11(9)15-16/h1-8H,(H,17,18). The normalized spacial score (nSPS) is 10.7. The molecule has 0 saturated heterocycles. The van der Waals surface area contributed by atoms with Gasteiger partial charge in [0.05, 0.1) is 11.2 Å². The highest BCUT2D eigenvalue weighted by Gasteiger charge is 2.07. The van der Waals surface area contributed by atoms with Crippen molar-refractivity contribution in [3.63, 3.8) is 0 Å². The van der Waals surface area contributed by atoms with Gasteiger partial charge < -0.3 is 5.11 Å². The van der Waals surface area contributed by atoms with Crippen molar-refractivity contribution in [3.05, 3.63) is 54.5 Å². The maximum Gasteiger partial charge on any atom is 0.354 e. The summed E-state index contributed by atoms with van der Waals surface area (Å²) in [5, 5.41) is 14.3. The molecule has 5 nitrogen and oxygen atoms in total. The Balaban J connectivity index is 2.13. The molecule has 88 valence electrons. The van der Waals surface area contributed by atoms with Crippen LogP contribution < -0.4 is 0 Å². The van der Waals surface area contributed by atoms with E-state index in [1.54, 1.807) is 10.7 Å². The van der Waals surface area contributed by atoms with Gasteiger partial charge in [0.15, 0.2) is 0 Å². The van der Waals surface area contributed by atoms with Crippen molar-refractivity contribution in [1.82, 2.24) is 14.8 Å². The van der Waals surface area contributed by atoms with E-state index in [1.165, 1.54) is 12.3 Å². The topological polar surface area (TPSA) is 68.0 Å². The molecule has 0 radical (unpaired) electrons. The van der Waals surface area contributed by atoms with E-state index in [0.717, 1.165) is 10.9 Å². The first-order valence-corrected chi connectivity index (χ1v) is 5.38. The van der Waals surface area contributed by atoms with E-state index in [4.69, 9.17) is 5.11 Å². The lowest BCUT2D eigenvalue weighted by atomic mass is 10.3. The number of pyridine rings is 1. The van der Waals surface area contributed by atoms with E-state index in [9.17, 15) is 4.79 Å². The average molecular weight is 239 g/mol. The number of carboxylic acid groups (broad SMARTS) is 1. The van der Waals surface area contributed by atoms with Crippen molar-refractivity contribution >= 4 is 16.9 Å². The van der Waals surface area contributed by atoms with Gasteiger partial charge in [-0.3, -0.25) is 0 Å². The van der Waals surface area contributed by atoms with Gasteiger partial charge >= 0.3 is 5.97 Å². The summed E-state index contributed by atoms with van der Waals surface area (Å²) in [5.41, 5.74) is 1.55. The highest BCUT2D eigenvalue weighted by molar-refractivity contribution is 5.86. The molecule has 0 spiro atoms. The Morgan fingerprint density at radius 1 is 1.22 bits per heavy atom. The minimum absolute atomic E-state index is 0.00653. The van der Waals surface area contributed by atoms with Crippen molar-refractivity contribution in [3.8, 4) is 5.69 Å². The van der Waals surface area contributed by atoms with Crippen molar-refractivity contribution in [2.24, 2.45) is 0 Å². The van der Waals surface area contributed by atoms with Crippen LogP contribution in [0.5, 0.6) is 0 Å². The molecular formula is C13H9N3O2. The molecule has 0 fully saturated rings. The Morgan fingerprint density at radius 3 is 2.83 bits per heavy atom. The number of benzene rings is 1. The van der Waals surface area contributed by atoms with Crippen LogP contribution in [0.25, 0.3) is 16.6 Å². The predicted octanol–water partition coefficient (Wildman–Crippen LogP) is 2.12. The minimum Gasteiger partial charge on any atom is -0.477 e. The third-order valence-electron chi connectivity index (χ3n) is 2.64. The lowest BCUT2D eigenvalue weighted by Crippen LogP contribution is -2.02. The fourth-order valence-electron chi connectivity index (χ4n) is 1.78. The molecule has 0 aliphatic carbocycles. The van der Waals surface area contributed by atoms with Crippen LogP contribution in [0.1, 0.15) is 10.5 Å². The number of fused-ring (bicyclic) bond motifs is 1. The number of carboxylic acids is 1.